The third kappa shape index (κ3) is 6.01. The lowest BCUT2D eigenvalue weighted by atomic mass is 10.0. The Morgan fingerprint density at radius 3 is 2.59 bits per heavy atom. The Labute approximate surface area is 201 Å². The van der Waals surface area contributed by atoms with Crippen molar-refractivity contribution in [2.45, 2.75) is 58.5 Å². The van der Waals surface area contributed by atoms with Gasteiger partial charge in [0.2, 0.25) is 5.95 Å². The number of hydrogen-bond donors (Lipinski definition) is 2. The van der Waals surface area contributed by atoms with Gasteiger partial charge in [0.1, 0.15) is 11.6 Å². The van der Waals surface area contributed by atoms with Gasteiger partial charge in [0, 0.05) is 43.3 Å². The van der Waals surface area contributed by atoms with Gasteiger partial charge in [-0.1, -0.05) is 30.7 Å². The van der Waals surface area contributed by atoms with Gasteiger partial charge in [-0.15, -0.1) is 0 Å². The zero-order chi connectivity index (χ0) is 22.5. The number of halogens is 1. The molecule has 3 heterocycles. The summed E-state index contributed by atoms with van der Waals surface area (Å²) in [6.07, 6.45) is 6.16. The molecule has 2 atom stereocenters. The van der Waals surface area contributed by atoms with Crippen LogP contribution in [-0.2, 0) is 6.54 Å². The second-order valence-corrected chi connectivity index (χ2v) is 9.92. The standard InChI is InChI=1S/C24H33ClN6S/c1-17-6-5-12-30(16-17)21-14-22(31-13-4-3-7-18(31)2)28-23(27-21)29-24(32)26-15-19-8-10-20(25)11-9-19/h8-11,14,17-18H,3-7,12-13,15-16H2,1-2H3,(H2,26,27,28,29,32)/t17-,18+/m0/s1. The minimum absolute atomic E-state index is 0.481. The molecular formula is C24H33ClN6S. The molecule has 1 aromatic heterocycles. The molecule has 2 N–H and O–H groups in total. The van der Waals surface area contributed by atoms with E-state index in [2.05, 4.69) is 40.3 Å². The maximum atomic E-state index is 5.98. The van der Waals surface area contributed by atoms with Crippen molar-refractivity contribution >= 4 is 46.5 Å². The normalized spacial score (nSPS) is 21.3. The van der Waals surface area contributed by atoms with Gasteiger partial charge in [-0.25, -0.2) is 0 Å². The van der Waals surface area contributed by atoms with Crippen LogP contribution in [0, 0.1) is 5.92 Å². The van der Waals surface area contributed by atoms with E-state index in [1.54, 1.807) is 0 Å². The van der Waals surface area contributed by atoms with Crippen LogP contribution >= 0.6 is 23.8 Å². The van der Waals surface area contributed by atoms with Crippen molar-refractivity contribution in [3.8, 4) is 0 Å². The van der Waals surface area contributed by atoms with Crippen molar-refractivity contribution in [3.05, 3.63) is 40.9 Å². The molecule has 4 rings (SSSR count). The molecule has 32 heavy (non-hydrogen) atoms. The largest absolute Gasteiger partial charge is 0.358 e. The molecule has 2 aliphatic rings. The first-order valence-electron chi connectivity index (χ1n) is 11.7. The fourth-order valence-corrected chi connectivity index (χ4v) is 4.84. The van der Waals surface area contributed by atoms with Crippen molar-refractivity contribution in [1.82, 2.24) is 15.3 Å². The quantitative estimate of drug-likeness (QED) is 0.577. The zero-order valence-electron chi connectivity index (χ0n) is 19.0. The SMILES string of the molecule is C[C@H]1CCCN(c2cc(N3CCCC[C@H]3C)nc(NC(=S)NCc3ccc(Cl)cc3)n2)C1. The predicted octanol–water partition coefficient (Wildman–Crippen LogP) is 5.23. The van der Waals surface area contributed by atoms with E-state index in [4.69, 9.17) is 33.8 Å². The van der Waals surface area contributed by atoms with Crippen LogP contribution in [0.5, 0.6) is 0 Å². The lowest BCUT2D eigenvalue weighted by Gasteiger charge is -2.36. The highest BCUT2D eigenvalue weighted by atomic mass is 35.5. The molecule has 0 spiro atoms. The number of piperidine rings is 2. The van der Waals surface area contributed by atoms with E-state index in [-0.39, 0.29) is 0 Å². The molecule has 2 aromatic rings. The topological polar surface area (TPSA) is 56.3 Å². The third-order valence-electron chi connectivity index (χ3n) is 6.37. The Kier molecular flexibility index (Phi) is 7.68. The van der Waals surface area contributed by atoms with Crippen LogP contribution in [0.4, 0.5) is 17.6 Å². The summed E-state index contributed by atoms with van der Waals surface area (Å²) in [7, 11) is 0. The first-order valence-corrected chi connectivity index (χ1v) is 12.5. The number of aromatic nitrogens is 2. The summed E-state index contributed by atoms with van der Waals surface area (Å²) in [6, 6.07) is 10.4. The number of hydrogen-bond acceptors (Lipinski definition) is 5. The van der Waals surface area contributed by atoms with Gasteiger partial charge in [-0.2, -0.15) is 9.97 Å². The van der Waals surface area contributed by atoms with Gasteiger partial charge in [0.25, 0.3) is 0 Å². The summed E-state index contributed by atoms with van der Waals surface area (Å²) < 4.78 is 0. The summed E-state index contributed by atoms with van der Waals surface area (Å²) in [5.74, 6) is 3.21. The van der Waals surface area contributed by atoms with E-state index in [1.807, 2.05) is 24.3 Å². The monoisotopic (exact) mass is 472 g/mol. The van der Waals surface area contributed by atoms with Crippen molar-refractivity contribution in [2.24, 2.45) is 5.92 Å². The molecule has 0 aliphatic carbocycles. The summed E-state index contributed by atoms with van der Waals surface area (Å²) in [4.78, 5) is 14.5. The first kappa shape index (κ1) is 23.1. The fraction of sp³-hybridized carbons (Fsp3) is 0.542. The minimum atomic E-state index is 0.481. The van der Waals surface area contributed by atoms with Crippen LogP contribution in [-0.4, -0.2) is 40.8 Å². The van der Waals surface area contributed by atoms with E-state index in [0.29, 0.717) is 29.6 Å². The van der Waals surface area contributed by atoms with Crippen molar-refractivity contribution < 1.29 is 0 Å². The van der Waals surface area contributed by atoms with E-state index >= 15 is 0 Å². The molecule has 0 saturated carbocycles. The number of rotatable bonds is 5. The van der Waals surface area contributed by atoms with E-state index in [9.17, 15) is 0 Å². The van der Waals surface area contributed by atoms with Crippen LogP contribution in [0.15, 0.2) is 30.3 Å². The number of anilines is 3. The van der Waals surface area contributed by atoms with Crippen LogP contribution in [0.25, 0.3) is 0 Å². The molecule has 0 radical (unpaired) electrons. The molecular weight excluding hydrogens is 440 g/mol. The molecule has 1 aromatic carbocycles. The lowest BCUT2D eigenvalue weighted by Crippen LogP contribution is -2.39. The molecule has 2 saturated heterocycles. The zero-order valence-corrected chi connectivity index (χ0v) is 20.6. The summed E-state index contributed by atoms with van der Waals surface area (Å²) in [6.45, 7) is 8.32. The Balaban J connectivity index is 1.51. The predicted molar refractivity (Wildman–Crippen MR) is 138 cm³/mol. The fourth-order valence-electron chi connectivity index (χ4n) is 4.55. The van der Waals surface area contributed by atoms with Crippen LogP contribution in [0.3, 0.4) is 0 Å². The summed E-state index contributed by atoms with van der Waals surface area (Å²) in [5.41, 5.74) is 1.11. The summed E-state index contributed by atoms with van der Waals surface area (Å²) >= 11 is 11.5. The Hall–Kier alpha value is -2.12. The molecule has 8 heteroatoms. The molecule has 6 nitrogen and oxygen atoms in total. The maximum Gasteiger partial charge on any atom is 0.232 e. The third-order valence-corrected chi connectivity index (χ3v) is 6.87. The van der Waals surface area contributed by atoms with Gasteiger partial charge in [-0.05, 0) is 74.9 Å². The Bertz CT molecular complexity index is 921. The van der Waals surface area contributed by atoms with Gasteiger partial charge in [-0.3, -0.25) is 0 Å². The van der Waals surface area contributed by atoms with Crippen LogP contribution in [0.1, 0.15) is 51.5 Å². The van der Waals surface area contributed by atoms with Gasteiger partial charge < -0.3 is 20.4 Å². The number of nitrogens with one attached hydrogen (secondary N) is 2. The van der Waals surface area contributed by atoms with Crippen molar-refractivity contribution in [1.29, 1.82) is 0 Å². The smallest absolute Gasteiger partial charge is 0.232 e. The highest BCUT2D eigenvalue weighted by Gasteiger charge is 2.24. The highest BCUT2D eigenvalue weighted by Crippen LogP contribution is 2.29. The molecule has 2 aliphatic heterocycles. The molecule has 0 unspecified atom stereocenters. The molecule has 0 amide bonds. The van der Waals surface area contributed by atoms with Gasteiger partial charge in [0.15, 0.2) is 5.11 Å². The number of nitrogens with zero attached hydrogens (tertiary/aromatic N) is 4. The van der Waals surface area contributed by atoms with E-state index in [0.717, 1.165) is 41.9 Å². The summed E-state index contributed by atoms with van der Waals surface area (Å²) in [5, 5.41) is 7.72. The van der Waals surface area contributed by atoms with Crippen LogP contribution < -0.4 is 20.4 Å². The second kappa shape index (κ2) is 10.7. The number of thiocarbonyl (C=S) groups is 1. The average Bonchev–Trinajstić information content (AvgIpc) is 2.79. The molecule has 172 valence electrons. The maximum absolute atomic E-state index is 5.98. The first-order chi connectivity index (χ1) is 15.5. The molecule has 0 bridgehead atoms. The average molecular weight is 473 g/mol. The lowest BCUT2D eigenvalue weighted by molar-refractivity contribution is 0.444. The highest BCUT2D eigenvalue weighted by molar-refractivity contribution is 7.80. The second-order valence-electron chi connectivity index (χ2n) is 9.07. The molecule has 2 fully saturated rings. The van der Waals surface area contributed by atoms with Crippen molar-refractivity contribution in [2.75, 3.05) is 34.8 Å². The van der Waals surface area contributed by atoms with E-state index in [1.165, 1.54) is 32.1 Å². The van der Waals surface area contributed by atoms with Crippen molar-refractivity contribution in [3.63, 3.8) is 0 Å². The Morgan fingerprint density at radius 2 is 1.84 bits per heavy atom. The van der Waals surface area contributed by atoms with Gasteiger partial charge in [0.05, 0.1) is 0 Å². The Morgan fingerprint density at radius 1 is 1.06 bits per heavy atom. The minimum Gasteiger partial charge on any atom is -0.358 e. The number of benzene rings is 1. The van der Waals surface area contributed by atoms with Crippen LogP contribution in [0.2, 0.25) is 5.02 Å². The van der Waals surface area contributed by atoms with Gasteiger partial charge >= 0.3 is 0 Å². The van der Waals surface area contributed by atoms with E-state index < -0.39 is 0 Å².